The van der Waals surface area contributed by atoms with E-state index in [9.17, 15) is 4.79 Å². The first-order valence-corrected chi connectivity index (χ1v) is 6.74. The first-order valence-electron chi connectivity index (χ1n) is 6.33. The molecule has 0 radical (unpaired) electrons. The summed E-state index contributed by atoms with van der Waals surface area (Å²) in [6, 6.07) is 9.71. The van der Waals surface area contributed by atoms with Gasteiger partial charge in [0.2, 0.25) is 5.91 Å². The van der Waals surface area contributed by atoms with Crippen molar-refractivity contribution in [1.82, 2.24) is 5.32 Å². The summed E-state index contributed by atoms with van der Waals surface area (Å²) in [5, 5.41) is 2.79. The van der Waals surface area contributed by atoms with Crippen molar-refractivity contribution < 1.29 is 9.53 Å². The summed E-state index contributed by atoms with van der Waals surface area (Å²) in [5.41, 5.74) is 6.70. The lowest BCUT2D eigenvalue weighted by atomic mass is 9.98. The van der Waals surface area contributed by atoms with Gasteiger partial charge in [0.15, 0.2) is 0 Å². The van der Waals surface area contributed by atoms with Crippen LogP contribution in [0.5, 0.6) is 0 Å². The van der Waals surface area contributed by atoms with Crippen LogP contribution < -0.4 is 11.1 Å². The maximum absolute atomic E-state index is 12.0. The number of benzene rings is 1. The number of thiocarbonyl (C=S) groups is 1. The molecule has 3 N–H and O–H groups in total. The highest BCUT2D eigenvalue weighted by atomic mass is 32.1. The molecule has 0 fully saturated rings. The lowest BCUT2D eigenvalue weighted by Gasteiger charge is -2.15. The van der Waals surface area contributed by atoms with E-state index in [1.54, 1.807) is 0 Å². The van der Waals surface area contributed by atoms with Crippen LogP contribution in [0.4, 0.5) is 0 Å². The molecule has 1 aromatic rings. The standard InChI is InChI=1S/C14H20N2O2S/c1-2-18-9-8-16-14(17)12(13(15)19)10-11-6-4-3-5-7-11/h3-7,12H,2,8-10H2,1H3,(H2,15,19)(H,16,17). The number of nitrogens with one attached hydrogen (secondary N) is 1. The van der Waals surface area contributed by atoms with Crippen LogP contribution in [0.1, 0.15) is 12.5 Å². The minimum atomic E-state index is -0.473. The van der Waals surface area contributed by atoms with Gasteiger partial charge in [-0.2, -0.15) is 0 Å². The minimum absolute atomic E-state index is 0.143. The number of rotatable bonds is 8. The van der Waals surface area contributed by atoms with Crippen LogP contribution in [0.3, 0.4) is 0 Å². The van der Waals surface area contributed by atoms with Crippen molar-refractivity contribution in [3.8, 4) is 0 Å². The molecule has 5 heteroatoms. The molecule has 1 atom stereocenters. The van der Waals surface area contributed by atoms with E-state index < -0.39 is 5.92 Å². The van der Waals surface area contributed by atoms with E-state index in [4.69, 9.17) is 22.7 Å². The number of ether oxygens (including phenoxy) is 1. The maximum atomic E-state index is 12.0. The van der Waals surface area contributed by atoms with Crippen molar-refractivity contribution in [1.29, 1.82) is 0 Å². The maximum Gasteiger partial charge on any atom is 0.230 e. The van der Waals surface area contributed by atoms with Gasteiger partial charge in [0, 0.05) is 13.2 Å². The Morgan fingerprint density at radius 1 is 1.42 bits per heavy atom. The average molecular weight is 280 g/mol. The zero-order chi connectivity index (χ0) is 14.1. The Labute approximate surface area is 119 Å². The van der Waals surface area contributed by atoms with Crippen LogP contribution >= 0.6 is 12.2 Å². The van der Waals surface area contributed by atoms with Gasteiger partial charge in [0.05, 0.1) is 17.5 Å². The predicted octanol–water partition coefficient (Wildman–Crippen LogP) is 1.28. The first-order chi connectivity index (χ1) is 9.15. The summed E-state index contributed by atoms with van der Waals surface area (Å²) in [5.74, 6) is -0.616. The topological polar surface area (TPSA) is 64.3 Å². The van der Waals surface area contributed by atoms with Crippen LogP contribution in [-0.4, -0.2) is 30.7 Å². The fraction of sp³-hybridized carbons (Fsp3) is 0.429. The molecule has 1 unspecified atom stereocenters. The van der Waals surface area contributed by atoms with Crippen LogP contribution in [0.25, 0.3) is 0 Å². The van der Waals surface area contributed by atoms with Gasteiger partial charge in [0.25, 0.3) is 0 Å². The summed E-state index contributed by atoms with van der Waals surface area (Å²) in [6.07, 6.45) is 0.524. The molecule has 0 saturated heterocycles. The Morgan fingerprint density at radius 3 is 2.68 bits per heavy atom. The van der Waals surface area contributed by atoms with E-state index in [1.807, 2.05) is 37.3 Å². The number of amides is 1. The largest absolute Gasteiger partial charge is 0.393 e. The van der Waals surface area contributed by atoms with Crippen LogP contribution in [0, 0.1) is 5.92 Å². The highest BCUT2D eigenvalue weighted by Crippen LogP contribution is 2.09. The van der Waals surface area contributed by atoms with E-state index in [0.29, 0.717) is 26.2 Å². The third-order valence-corrected chi connectivity index (χ3v) is 2.98. The van der Waals surface area contributed by atoms with Gasteiger partial charge in [-0.05, 0) is 18.9 Å². The summed E-state index contributed by atoms with van der Waals surface area (Å²) in [7, 11) is 0. The molecule has 1 rings (SSSR count). The summed E-state index contributed by atoms with van der Waals surface area (Å²) in [6.45, 7) is 3.52. The van der Waals surface area contributed by atoms with Crippen molar-refractivity contribution in [3.63, 3.8) is 0 Å². The second kappa shape index (κ2) is 8.61. The van der Waals surface area contributed by atoms with Gasteiger partial charge >= 0.3 is 0 Å². The molecule has 4 nitrogen and oxygen atoms in total. The molecular weight excluding hydrogens is 260 g/mol. The number of hydrogen-bond acceptors (Lipinski definition) is 3. The Hall–Kier alpha value is -1.46. The van der Waals surface area contributed by atoms with Gasteiger partial charge < -0.3 is 15.8 Å². The Balaban J connectivity index is 2.52. The van der Waals surface area contributed by atoms with E-state index in [2.05, 4.69) is 5.32 Å². The average Bonchev–Trinajstić information content (AvgIpc) is 2.41. The van der Waals surface area contributed by atoms with Crippen molar-refractivity contribution in [2.75, 3.05) is 19.8 Å². The lowest BCUT2D eigenvalue weighted by molar-refractivity contribution is -0.123. The number of hydrogen-bond donors (Lipinski definition) is 2. The van der Waals surface area contributed by atoms with Crippen molar-refractivity contribution in [2.24, 2.45) is 11.7 Å². The molecular formula is C14H20N2O2S. The molecule has 0 aliphatic rings. The van der Waals surface area contributed by atoms with Crippen LogP contribution in [0.15, 0.2) is 30.3 Å². The van der Waals surface area contributed by atoms with E-state index >= 15 is 0 Å². The van der Waals surface area contributed by atoms with E-state index in [0.717, 1.165) is 5.56 Å². The molecule has 19 heavy (non-hydrogen) atoms. The monoisotopic (exact) mass is 280 g/mol. The molecule has 1 aromatic carbocycles. The van der Waals surface area contributed by atoms with Crippen molar-refractivity contribution in [2.45, 2.75) is 13.3 Å². The molecule has 0 heterocycles. The second-order valence-electron chi connectivity index (χ2n) is 4.13. The SMILES string of the molecule is CCOCCNC(=O)C(Cc1ccccc1)C(N)=S. The van der Waals surface area contributed by atoms with Gasteiger partial charge in [0.1, 0.15) is 0 Å². The second-order valence-corrected chi connectivity index (χ2v) is 4.60. The normalized spacial score (nSPS) is 11.8. The summed E-state index contributed by atoms with van der Waals surface area (Å²) >= 11 is 4.98. The van der Waals surface area contributed by atoms with E-state index in [-0.39, 0.29) is 10.9 Å². The number of carbonyl (C=O) groups is 1. The molecule has 0 saturated carbocycles. The van der Waals surface area contributed by atoms with Crippen LogP contribution in [-0.2, 0) is 16.0 Å². The summed E-state index contributed by atoms with van der Waals surface area (Å²) < 4.78 is 5.16. The molecule has 0 bridgehead atoms. The fourth-order valence-corrected chi connectivity index (χ4v) is 1.88. The van der Waals surface area contributed by atoms with Crippen molar-refractivity contribution >= 4 is 23.1 Å². The lowest BCUT2D eigenvalue weighted by Crippen LogP contribution is -2.40. The Morgan fingerprint density at radius 2 is 2.11 bits per heavy atom. The number of carbonyl (C=O) groups excluding carboxylic acids is 1. The molecule has 104 valence electrons. The van der Waals surface area contributed by atoms with Gasteiger partial charge in [-0.25, -0.2) is 0 Å². The fourth-order valence-electron chi connectivity index (χ4n) is 1.69. The van der Waals surface area contributed by atoms with Gasteiger partial charge in [-0.15, -0.1) is 0 Å². The highest BCUT2D eigenvalue weighted by Gasteiger charge is 2.21. The van der Waals surface area contributed by atoms with E-state index in [1.165, 1.54) is 0 Å². The van der Waals surface area contributed by atoms with Crippen molar-refractivity contribution in [3.05, 3.63) is 35.9 Å². The van der Waals surface area contributed by atoms with Gasteiger partial charge in [-0.1, -0.05) is 42.5 Å². The third kappa shape index (κ3) is 5.81. The minimum Gasteiger partial charge on any atom is -0.393 e. The number of nitrogens with two attached hydrogens (primary N) is 1. The molecule has 1 amide bonds. The summed E-state index contributed by atoms with van der Waals surface area (Å²) in [4.78, 5) is 12.2. The first kappa shape index (κ1) is 15.6. The molecule has 0 spiro atoms. The zero-order valence-electron chi connectivity index (χ0n) is 11.1. The van der Waals surface area contributed by atoms with Gasteiger partial charge in [-0.3, -0.25) is 4.79 Å². The smallest absolute Gasteiger partial charge is 0.230 e. The molecule has 0 aromatic heterocycles. The quantitative estimate of drug-likeness (QED) is 0.556. The predicted molar refractivity (Wildman–Crippen MR) is 79.9 cm³/mol. The molecule has 0 aliphatic carbocycles. The Bertz CT molecular complexity index is 409. The third-order valence-electron chi connectivity index (χ3n) is 2.69. The zero-order valence-corrected chi connectivity index (χ0v) is 11.9. The molecule has 0 aliphatic heterocycles. The highest BCUT2D eigenvalue weighted by molar-refractivity contribution is 7.80. The van der Waals surface area contributed by atoms with Crippen LogP contribution in [0.2, 0.25) is 0 Å². The Kier molecular flexibility index (Phi) is 7.07.